The molecule has 0 radical (unpaired) electrons. The van der Waals surface area contributed by atoms with Gasteiger partial charge >= 0.3 is 0 Å². The van der Waals surface area contributed by atoms with Crippen LogP contribution in [-0.4, -0.2) is 47.2 Å². The molecule has 29 heavy (non-hydrogen) atoms. The molecule has 0 N–H and O–H groups in total. The number of para-hydroxylation sites is 4. The average Bonchev–Trinajstić information content (AvgIpc) is 3.29. The molecule has 6 nitrogen and oxygen atoms in total. The Balaban J connectivity index is 1.57. The van der Waals surface area contributed by atoms with Gasteiger partial charge in [0.25, 0.3) is 0 Å². The van der Waals surface area contributed by atoms with Gasteiger partial charge in [0.2, 0.25) is 5.91 Å². The molecular formula is C23H25N3O3. The largest absolute Gasteiger partial charge is 0.493 e. The zero-order chi connectivity index (χ0) is 20.2. The van der Waals surface area contributed by atoms with Crippen molar-refractivity contribution in [2.24, 2.45) is 0 Å². The number of rotatable bonds is 8. The van der Waals surface area contributed by atoms with Gasteiger partial charge in [-0.15, -0.1) is 6.58 Å². The number of likely N-dealkylation sites (tertiary alicyclic amines) is 1. The molecular weight excluding hydrogens is 366 g/mol. The van der Waals surface area contributed by atoms with Crippen LogP contribution in [0.3, 0.4) is 0 Å². The molecule has 1 aromatic heterocycles. The minimum absolute atomic E-state index is 0.0705. The second-order valence-corrected chi connectivity index (χ2v) is 7.10. The summed E-state index contributed by atoms with van der Waals surface area (Å²) >= 11 is 0. The Morgan fingerprint density at radius 3 is 2.72 bits per heavy atom. The first-order valence-corrected chi connectivity index (χ1v) is 9.81. The number of carbonyl (C=O) groups excluding carboxylic acids is 1. The zero-order valence-corrected chi connectivity index (χ0v) is 16.6. The highest BCUT2D eigenvalue weighted by molar-refractivity contribution is 5.81. The number of amides is 1. The van der Waals surface area contributed by atoms with Crippen LogP contribution in [0.5, 0.6) is 11.5 Å². The van der Waals surface area contributed by atoms with Crippen LogP contribution in [0, 0.1) is 0 Å². The summed E-state index contributed by atoms with van der Waals surface area (Å²) in [5.74, 6) is 2.59. The quantitative estimate of drug-likeness (QED) is 0.550. The number of methoxy groups -OCH3 is 1. The maximum Gasteiger partial charge on any atom is 0.223 e. The Morgan fingerprint density at radius 1 is 1.17 bits per heavy atom. The fourth-order valence-electron chi connectivity index (χ4n) is 3.90. The normalized spacial score (nSPS) is 16.4. The van der Waals surface area contributed by atoms with E-state index in [1.807, 2.05) is 47.4 Å². The van der Waals surface area contributed by atoms with Crippen LogP contribution in [0.25, 0.3) is 11.0 Å². The number of hydrogen-bond acceptors (Lipinski definition) is 4. The summed E-state index contributed by atoms with van der Waals surface area (Å²) in [6.07, 6.45) is 2.24. The Morgan fingerprint density at radius 2 is 1.93 bits per heavy atom. The van der Waals surface area contributed by atoms with Crippen LogP contribution < -0.4 is 9.47 Å². The summed E-state index contributed by atoms with van der Waals surface area (Å²) in [7, 11) is 1.63. The van der Waals surface area contributed by atoms with Gasteiger partial charge in [-0.3, -0.25) is 4.79 Å². The lowest BCUT2D eigenvalue weighted by Crippen LogP contribution is -2.25. The maximum absolute atomic E-state index is 12.3. The first kappa shape index (κ1) is 19.1. The Kier molecular flexibility index (Phi) is 5.51. The van der Waals surface area contributed by atoms with Gasteiger partial charge in [-0.1, -0.05) is 30.3 Å². The summed E-state index contributed by atoms with van der Waals surface area (Å²) < 4.78 is 13.5. The first-order chi connectivity index (χ1) is 14.2. The maximum atomic E-state index is 12.3. The molecule has 1 fully saturated rings. The second-order valence-electron chi connectivity index (χ2n) is 7.10. The number of hydrogen-bond donors (Lipinski definition) is 0. The predicted molar refractivity (Wildman–Crippen MR) is 112 cm³/mol. The Labute approximate surface area is 170 Å². The van der Waals surface area contributed by atoms with Crippen molar-refractivity contribution in [1.82, 2.24) is 14.5 Å². The summed E-state index contributed by atoms with van der Waals surface area (Å²) in [5.41, 5.74) is 2.00. The predicted octanol–water partition coefficient (Wildman–Crippen LogP) is 3.63. The molecule has 6 heteroatoms. The molecule has 0 saturated carbocycles. The van der Waals surface area contributed by atoms with Crippen LogP contribution in [-0.2, 0) is 11.3 Å². The molecule has 2 aromatic carbocycles. The molecule has 1 saturated heterocycles. The third-order valence-corrected chi connectivity index (χ3v) is 5.25. The third-order valence-electron chi connectivity index (χ3n) is 5.25. The molecule has 0 bridgehead atoms. The van der Waals surface area contributed by atoms with Crippen molar-refractivity contribution in [2.45, 2.75) is 18.9 Å². The lowest BCUT2D eigenvalue weighted by Gasteiger charge is -2.16. The smallest absolute Gasteiger partial charge is 0.223 e. The highest BCUT2D eigenvalue weighted by Crippen LogP contribution is 2.31. The molecule has 1 atom stereocenters. The molecule has 4 rings (SSSR count). The highest BCUT2D eigenvalue weighted by Gasteiger charge is 2.33. The van der Waals surface area contributed by atoms with E-state index in [4.69, 9.17) is 14.5 Å². The van der Waals surface area contributed by atoms with E-state index in [2.05, 4.69) is 17.2 Å². The van der Waals surface area contributed by atoms with Gasteiger partial charge in [0.15, 0.2) is 11.5 Å². The van der Waals surface area contributed by atoms with E-state index in [0.29, 0.717) is 44.2 Å². The standard InChI is InChI=1S/C23H25N3O3/c1-3-12-25-16-17(15-22(25)27)23-24-18-8-4-5-9-19(18)26(23)13-14-29-21-11-7-6-10-20(21)28-2/h3-11,17H,1,12-16H2,2H3/t17-/m0/s1. The van der Waals surface area contributed by atoms with Crippen molar-refractivity contribution < 1.29 is 14.3 Å². The molecule has 3 aromatic rings. The van der Waals surface area contributed by atoms with Crippen LogP contribution in [0.2, 0.25) is 0 Å². The van der Waals surface area contributed by atoms with Crippen LogP contribution in [0.15, 0.2) is 61.2 Å². The van der Waals surface area contributed by atoms with Crippen molar-refractivity contribution in [1.29, 1.82) is 0 Å². The van der Waals surface area contributed by atoms with Gasteiger partial charge in [0.05, 0.1) is 24.7 Å². The number of fused-ring (bicyclic) bond motifs is 1. The third kappa shape index (κ3) is 3.83. The molecule has 2 heterocycles. The SMILES string of the molecule is C=CCN1C[C@@H](c2nc3ccccc3n2CCOc2ccccc2OC)CC1=O. The number of imidazole rings is 1. The van der Waals surface area contributed by atoms with E-state index in [1.54, 1.807) is 13.2 Å². The van der Waals surface area contributed by atoms with E-state index in [1.165, 1.54) is 0 Å². The molecule has 1 amide bonds. The van der Waals surface area contributed by atoms with Crippen molar-refractivity contribution in [3.63, 3.8) is 0 Å². The average molecular weight is 391 g/mol. The highest BCUT2D eigenvalue weighted by atomic mass is 16.5. The minimum Gasteiger partial charge on any atom is -0.493 e. The van der Waals surface area contributed by atoms with Crippen molar-refractivity contribution in [3.8, 4) is 11.5 Å². The summed E-state index contributed by atoms with van der Waals surface area (Å²) in [4.78, 5) is 19.0. The topological polar surface area (TPSA) is 56.6 Å². The van der Waals surface area contributed by atoms with Crippen molar-refractivity contribution in [3.05, 3.63) is 67.0 Å². The van der Waals surface area contributed by atoms with Crippen LogP contribution in [0.1, 0.15) is 18.2 Å². The molecule has 150 valence electrons. The molecule has 1 aliphatic rings. The van der Waals surface area contributed by atoms with E-state index < -0.39 is 0 Å². The van der Waals surface area contributed by atoms with Crippen molar-refractivity contribution >= 4 is 16.9 Å². The van der Waals surface area contributed by atoms with Gasteiger partial charge in [0, 0.05) is 25.4 Å². The van der Waals surface area contributed by atoms with Gasteiger partial charge in [-0.2, -0.15) is 0 Å². The second kappa shape index (κ2) is 8.39. The van der Waals surface area contributed by atoms with Gasteiger partial charge in [-0.05, 0) is 24.3 Å². The number of carbonyl (C=O) groups is 1. The van der Waals surface area contributed by atoms with Gasteiger partial charge < -0.3 is 18.9 Å². The lowest BCUT2D eigenvalue weighted by atomic mass is 10.1. The number of nitrogens with zero attached hydrogens (tertiary/aromatic N) is 3. The Hall–Kier alpha value is -3.28. The van der Waals surface area contributed by atoms with Gasteiger partial charge in [-0.25, -0.2) is 4.98 Å². The molecule has 1 aliphatic heterocycles. The van der Waals surface area contributed by atoms with Crippen LogP contribution >= 0.6 is 0 Å². The summed E-state index contributed by atoms with van der Waals surface area (Å²) in [6, 6.07) is 15.7. The van der Waals surface area contributed by atoms with E-state index in [9.17, 15) is 4.79 Å². The van der Waals surface area contributed by atoms with E-state index in [0.717, 1.165) is 16.9 Å². The lowest BCUT2D eigenvalue weighted by molar-refractivity contribution is -0.127. The first-order valence-electron chi connectivity index (χ1n) is 9.81. The van der Waals surface area contributed by atoms with Gasteiger partial charge in [0.1, 0.15) is 12.4 Å². The number of benzene rings is 2. The fourth-order valence-corrected chi connectivity index (χ4v) is 3.90. The Bertz CT molecular complexity index is 1030. The zero-order valence-electron chi connectivity index (χ0n) is 16.6. The van der Waals surface area contributed by atoms with E-state index in [-0.39, 0.29) is 11.8 Å². The fraction of sp³-hybridized carbons (Fsp3) is 0.304. The summed E-state index contributed by atoms with van der Waals surface area (Å²) in [6.45, 7) is 6.11. The van der Waals surface area contributed by atoms with Crippen LogP contribution in [0.4, 0.5) is 0 Å². The molecule has 0 aliphatic carbocycles. The monoisotopic (exact) mass is 391 g/mol. The number of ether oxygens (including phenoxy) is 2. The molecule has 0 spiro atoms. The number of aromatic nitrogens is 2. The molecule has 0 unspecified atom stereocenters. The summed E-state index contributed by atoms with van der Waals surface area (Å²) in [5, 5.41) is 0. The van der Waals surface area contributed by atoms with E-state index >= 15 is 0 Å². The van der Waals surface area contributed by atoms with Crippen molar-refractivity contribution in [2.75, 3.05) is 26.8 Å². The minimum atomic E-state index is 0.0705.